The summed E-state index contributed by atoms with van der Waals surface area (Å²) in [7, 11) is 1.57. The van der Waals surface area contributed by atoms with Gasteiger partial charge in [0.05, 0.1) is 6.04 Å². The molecule has 5 nitrogen and oxygen atoms in total. The van der Waals surface area contributed by atoms with Crippen molar-refractivity contribution in [1.82, 2.24) is 10.2 Å². The Bertz CT molecular complexity index is 647. The molecule has 2 rings (SSSR count). The van der Waals surface area contributed by atoms with Crippen LogP contribution in [0.25, 0.3) is 0 Å². The van der Waals surface area contributed by atoms with E-state index in [9.17, 15) is 9.59 Å². The van der Waals surface area contributed by atoms with Crippen molar-refractivity contribution in [2.75, 3.05) is 13.6 Å². The summed E-state index contributed by atoms with van der Waals surface area (Å²) in [6, 6.07) is 8.26. The van der Waals surface area contributed by atoms with Gasteiger partial charge in [-0.1, -0.05) is 38.1 Å². The molecular weight excluding hydrogens is 316 g/mol. The van der Waals surface area contributed by atoms with Crippen molar-refractivity contribution in [2.24, 2.45) is 0 Å². The quantitative estimate of drug-likeness (QED) is 0.906. The molecule has 0 saturated carbocycles. The number of nitrogens with one attached hydrogen (secondary N) is 1. The predicted molar refractivity (Wildman–Crippen MR) is 98.4 cm³/mol. The van der Waals surface area contributed by atoms with E-state index in [4.69, 9.17) is 4.74 Å². The molecule has 1 aromatic rings. The number of nitrogens with zero attached hydrogens (tertiary/aromatic N) is 1. The first-order valence-corrected chi connectivity index (χ1v) is 8.82. The number of benzene rings is 1. The molecule has 0 bridgehead atoms. The molecule has 2 amide bonds. The number of fused-ring (bicyclic) bond motifs is 1. The van der Waals surface area contributed by atoms with Crippen molar-refractivity contribution in [3.05, 3.63) is 35.4 Å². The fourth-order valence-corrected chi connectivity index (χ4v) is 3.22. The largest absolute Gasteiger partial charge is 0.444 e. The maximum absolute atomic E-state index is 12.4. The number of amides is 2. The van der Waals surface area contributed by atoms with E-state index in [1.165, 1.54) is 16.0 Å². The Kier molecular flexibility index (Phi) is 5.45. The third kappa shape index (κ3) is 4.97. The van der Waals surface area contributed by atoms with Crippen LogP contribution in [0.5, 0.6) is 0 Å². The van der Waals surface area contributed by atoms with Gasteiger partial charge >= 0.3 is 6.09 Å². The van der Waals surface area contributed by atoms with Gasteiger partial charge in [0.2, 0.25) is 5.91 Å². The Morgan fingerprint density at radius 1 is 1.28 bits per heavy atom. The molecule has 0 aromatic heterocycles. The van der Waals surface area contributed by atoms with Crippen LogP contribution in [-0.2, 0) is 14.9 Å². The molecule has 0 aliphatic heterocycles. The van der Waals surface area contributed by atoms with E-state index in [-0.39, 0.29) is 23.9 Å². The fraction of sp³-hybridized carbons (Fsp3) is 0.600. The first-order valence-electron chi connectivity index (χ1n) is 8.82. The van der Waals surface area contributed by atoms with E-state index in [1.807, 2.05) is 12.1 Å². The van der Waals surface area contributed by atoms with Gasteiger partial charge in [-0.2, -0.15) is 0 Å². The Balaban J connectivity index is 2.01. The Morgan fingerprint density at radius 3 is 2.56 bits per heavy atom. The molecule has 0 saturated heterocycles. The number of rotatable bonds is 3. The van der Waals surface area contributed by atoms with Gasteiger partial charge < -0.3 is 15.0 Å². The molecule has 1 aromatic carbocycles. The van der Waals surface area contributed by atoms with E-state index >= 15 is 0 Å². The van der Waals surface area contributed by atoms with E-state index < -0.39 is 11.7 Å². The summed E-state index contributed by atoms with van der Waals surface area (Å²) in [6.07, 6.45) is 1.41. The SMILES string of the molecule is CN(CC(=O)NC1CCC(C)(C)c2ccccc21)C(=O)OC(C)(C)C. The number of likely N-dealkylation sites (N-methyl/N-ethyl adjacent to an activating group) is 1. The minimum Gasteiger partial charge on any atom is -0.444 e. The van der Waals surface area contributed by atoms with Crippen LogP contribution in [0.4, 0.5) is 4.79 Å². The molecule has 0 heterocycles. The van der Waals surface area contributed by atoms with Crippen LogP contribution in [-0.4, -0.2) is 36.1 Å². The molecule has 138 valence electrons. The lowest BCUT2D eigenvalue weighted by Crippen LogP contribution is -2.43. The van der Waals surface area contributed by atoms with Crippen LogP contribution in [0.3, 0.4) is 0 Å². The van der Waals surface area contributed by atoms with Gasteiger partial charge in [0.1, 0.15) is 12.1 Å². The van der Waals surface area contributed by atoms with Gasteiger partial charge in [-0.25, -0.2) is 4.79 Å². The second kappa shape index (κ2) is 7.06. The maximum Gasteiger partial charge on any atom is 0.410 e. The lowest BCUT2D eigenvalue weighted by molar-refractivity contribution is -0.122. The van der Waals surface area contributed by atoms with Gasteiger partial charge in [-0.3, -0.25) is 4.79 Å². The fourth-order valence-electron chi connectivity index (χ4n) is 3.22. The van der Waals surface area contributed by atoms with Gasteiger partial charge in [0.15, 0.2) is 0 Å². The van der Waals surface area contributed by atoms with Crippen molar-refractivity contribution < 1.29 is 14.3 Å². The number of carbonyl (C=O) groups is 2. The van der Waals surface area contributed by atoms with Crippen LogP contribution in [0.1, 0.15) is 64.6 Å². The van der Waals surface area contributed by atoms with Crippen LogP contribution < -0.4 is 5.32 Å². The van der Waals surface area contributed by atoms with E-state index in [0.717, 1.165) is 12.8 Å². The molecule has 0 fully saturated rings. The summed E-state index contributed by atoms with van der Waals surface area (Å²) in [4.78, 5) is 25.7. The van der Waals surface area contributed by atoms with Crippen molar-refractivity contribution >= 4 is 12.0 Å². The third-order valence-corrected chi connectivity index (χ3v) is 4.54. The number of hydrogen-bond donors (Lipinski definition) is 1. The highest BCUT2D eigenvalue weighted by Crippen LogP contribution is 2.41. The minimum absolute atomic E-state index is 0.0104. The monoisotopic (exact) mass is 346 g/mol. The number of hydrogen-bond acceptors (Lipinski definition) is 3. The molecule has 0 spiro atoms. The molecule has 5 heteroatoms. The summed E-state index contributed by atoms with van der Waals surface area (Å²) in [6.45, 7) is 9.87. The minimum atomic E-state index is -0.574. The average Bonchev–Trinajstić information content (AvgIpc) is 2.49. The molecule has 1 aliphatic rings. The first-order chi connectivity index (χ1) is 11.5. The summed E-state index contributed by atoms with van der Waals surface area (Å²) in [5.74, 6) is -0.173. The molecule has 1 N–H and O–H groups in total. The summed E-state index contributed by atoms with van der Waals surface area (Å²) < 4.78 is 5.28. The molecule has 25 heavy (non-hydrogen) atoms. The summed E-state index contributed by atoms with van der Waals surface area (Å²) >= 11 is 0. The van der Waals surface area contributed by atoms with Crippen LogP contribution >= 0.6 is 0 Å². The Morgan fingerprint density at radius 2 is 1.92 bits per heavy atom. The van der Waals surface area contributed by atoms with E-state index in [0.29, 0.717) is 0 Å². The summed E-state index contributed by atoms with van der Waals surface area (Å²) in [5.41, 5.74) is 2.00. The zero-order valence-corrected chi connectivity index (χ0v) is 16.2. The van der Waals surface area contributed by atoms with Crippen LogP contribution in [0.2, 0.25) is 0 Å². The van der Waals surface area contributed by atoms with Gasteiger partial charge in [0, 0.05) is 7.05 Å². The standard InChI is InChI=1S/C20H30N2O3/c1-19(2,3)25-18(24)22(6)13-17(23)21-16-11-12-20(4,5)15-10-8-7-9-14(15)16/h7-10,16H,11-13H2,1-6H3,(H,21,23). The Hall–Kier alpha value is -2.04. The second-order valence-corrected chi connectivity index (χ2v) is 8.47. The van der Waals surface area contributed by atoms with Crippen LogP contribution in [0.15, 0.2) is 24.3 Å². The zero-order chi connectivity index (χ0) is 18.8. The third-order valence-electron chi connectivity index (χ3n) is 4.54. The zero-order valence-electron chi connectivity index (χ0n) is 16.2. The maximum atomic E-state index is 12.4. The molecule has 1 atom stereocenters. The van der Waals surface area contributed by atoms with Gasteiger partial charge in [-0.05, 0) is 50.2 Å². The van der Waals surface area contributed by atoms with E-state index in [1.54, 1.807) is 27.8 Å². The summed E-state index contributed by atoms with van der Waals surface area (Å²) in [5, 5.41) is 3.07. The molecule has 1 aliphatic carbocycles. The molecule has 0 radical (unpaired) electrons. The van der Waals surface area contributed by atoms with Crippen LogP contribution in [0, 0.1) is 0 Å². The van der Waals surface area contributed by atoms with Crippen molar-refractivity contribution in [3.8, 4) is 0 Å². The molecular formula is C20H30N2O3. The second-order valence-electron chi connectivity index (χ2n) is 8.47. The highest BCUT2D eigenvalue weighted by molar-refractivity contribution is 5.82. The smallest absolute Gasteiger partial charge is 0.410 e. The molecule has 1 unspecified atom stereocenters. The lowest BCUT2D eigenvalue weighted by Gasteiger charge is -2.37. The number of ether oxygens (including phenoxy) is 1. The Labute approximate surface area is 150 Å². The normalized spacial score (nSPS) is 18.9. The number of carbonyl (C=O) groups excluding carboxylic acids is 2. The highest BCUT2D eigenvalue weighted by Gasteiger charge is 2.33. The predicted octanol–water partition coefficient (Wildman–Crippen LogP) is 3.78. The average molecular weight is 346 g/mol. The lowest BCUT2D eigenvalue weighted by atomic mass is 9.71. The van der Waals surface area contributed by atoms with Gasteiger partial charge in [-0.15, -0.1) is 0 Å². The van der Waals surface area contributed by atoms with Gasteiger partial charge in [0.25, 0.3) is 0 Å². The first kappa shape index (κ1) is 19.3. The topological polar surface area (TPSA) is 58.6 Å². The van der Waals surface area contributed by atoms with Crippen molar-refractivity contribution in [2.45, 2.75) is 64.5 Å². The van der Waals surface area contributed by atoms with Crippen molar-refractivity contribution in [3.63, 3.8) is 0 Å². The highest BCUT2D eigenvalue weighted by atomic mass is 16.6. The van der Waals surface area contributed by atoms with E-state index in [2.05, 4.69) is 31.3 Å². The van der Waals surface area contributed by atoms with Crippen molar-refractivity contribution in [1.29, 1.82) is 0 Å².